The molecule has 1 N–H and O–H groups in total. The van der Waals surface area contributed by atoms with E-state index in [1.165, 1.54) is 12.8 Å². The van der Waals surface area contributed by atoms with Gasteiger partial charge in [0.15, 0.2) is 0 Å². The van der Waals surface area contributed by atoms with E-state index in [4.69, 9.17) is 4.74 Å². The normalized spacial score (nSPS) is 29.2. The van der Waals surface area contributed by atoms with Crippen molar-refractivity contribution in [2.75, 3.05) is 26.2 Å². The summed E-state index contributed by atoms with van der Waals surface area (Å²) in [6, 6.07) is 0.616. The van der Waals surface area contributed by atoms with Crippen LogP contribution in [0.15, 0.2) is 0 Å². The molecule has 1 fully saturated rings. The number of nitrogens with one attached hydrogen (secondary N) is 1. The molecular formula is C13H28N2O. The van der Waals surface area contributed by atoms with Crippen molar-refractivity contribution in [3.63, 3.8) is 0 Å². The van der Waals surface area contributed by atoms with Gasteiger partial charge in [0.25, 0.3) is 0 Å². The minimum absolute atomic E-state index is 0.377. The van der Waals surface area contributed by atoms with E-state index < -0.39 is 0 Å². The fourth-order valence-corrected chi connectivity index (χ4v) is 2.32. The highest BCUT2D eigenvalue weighted by Crippen LogP contribution is 2.13. The molecule has 0 bridgehead atoms. The van der Waals surface area contributed by atoms with Gasteiger partial charge in [-0.1, -0.05) is 13.3 Å². The van der Waals surface area contributed by atoms with Gasteiger partial charge in [-0.25, -0.2) is 0 Å². The van der Waals surface area contributed by atoms with Crippen molar-refractivity contribution in [1.82, 2.24) is 10.2 Å². The molecule has 1 aliphatic rings. The molecule has 0 aromatic carbocycles. The maximum absolute atomic E-state index is 5.75. The molecule has 3 atom stereocenters. The highest BCUT2D eigenvalue weighted by Gasteiger charge is 2.25. The predicted molar refractivity (Wildman–Crippen MR) is 68.8 cm³/mol. The van der Waals surface area contributed by atoms with Crippen LogP contribution in [0.1, 0.15) is 40.5 Å². The zero-order valence-corrected chi connectivity index (χ0v) is 11.3. The Bertz CT molecular complexity index is 177. The lowest BCUT2D eigenvalue weighted by Crippen LogP contribution is -2.51. The number of ether oxygens (including phenoxy) is 1. The molecule has 1 saturated heterocycles. The molecule has 0 aromatic heterocycles. The van der Waals surface area contributed by atoms with E-state index in [-0.39, 0.29) is 0 Å². The van der Waals surface area contributed by atoms with Crippen LogP contribution in [0.5, 0.6) is 0 Å². The van der Waals surface area contributed by atoms with Crippen molar-refractivity contribution >= 4 is 0 Å². The Labute approximate surface area is 101 Å². The van der Waals surface area contributed by atoms with E-state index in [1.807, 2.05) is 0 Å². The molecule has 1 aliphatic heterocycles. The van der Waals surface area contributed by atoms with Gasteiger partial charge in [-0.05, 0) is 33.7 Å². The molecule has 0 spiro atoms. The van der Waals surface area contributed by atoms with Gasteiger partial charge in [0.1, 0.15) is 0 Å². The van der Waals surface area contributed by atoms with Crippen LogP contribution in [0.3, 0.4) is 0 Å². The number of rotatable bonds is 6. The first-order valence-electron chi connectivity index (χ1n) is 6.73. The second-order valence-corrected chi connectivity index (χ2v) is 5.12. The van der Waals surface area contributed by atoms with E-state index in [9.17, 15) is 0 Å². The smallest absolute Gasteiger partial charge is 0.0678 e. The van der Waals surface area contributed by atoms with E-state index in [0.29, 0.717) is 18.2 Å². The van der Waals surface area contributed by atoms with Gasteiger partial charge in [-0.2, -0.15) is 0 Å². The fourth-order valence-electron chi connectivity index (χ4n) is 2.32. The Morgan fingerprint density at radius 2 is 1.94 bits per heavy atom. The van der Waals surface area contributed by atoms with Crippen molar-refractivity contribution in [1.29, 1.82) is 0 Å². The molecule has 0 saturated carbocycles. The standard InChI is InChI=1S/C13H28N2O/c1-5-6-7-14-8-11(2)15-9-12(3)16-13(4)10-15/h11-14H,5-10H2,1-4H3/t11?,12-,13+. The Morgan fingerprint density at radius 3 is 2.50 bits per heavy atom. The van der Waals surface area contributed by atoms with Crippen molar-refractivity contribution in [3.05, 3.63) is 0 Å². The third-order valence-corrected chi connectivity index (χ3v) is 3.22. The van der Waals surface area contributed by atoms with Gasteiger partial charge in [0.2, 0.25) is 0 Å². The second-order valence-electron chi connectivity index (χ2n) is 5.12. The van der Waals surface area contributed by atoms with Crippen LogP contribution in [-0.4, -0.2) is 49.3 Å². The van der Waals surface area contributed by atoms with Crippen molar-refractivity contribution < 1.29 is 4.74 Å². The topological polar surface area (TPSA) is 24.5 Å². The number of unbranched alkanes of at least 4 members (excludes halogenated alkanes) is 1. The van der Waals surface area contributed by atoms with Crippen molar-refractivity contribution in [2.24, 2.45) is 0 Å². The SMILES string of the molecule is CCCCNCC(C)N1C[C@@H](C)O[C@@H](C)C1. The average Bonchev–Trinajstić information content (AvgIpc) is 2.22. The van der Waals surface area contributed by atoms with Gasteiger partial charge in [-0.3, -0.25) is 4.90 Å². The lowest BCUT2D eigenvalue weighted by Gasteiger charge is -2.39. The average molecular weight is 228 g/mol. The third kappa shape index (κ3) is 4.81. The second kappa shape index (κ2) is 7.25. The van der Waals surface area contributed by atoms with Crippen LogP contribution in [0.4, 0.5) is 0 Å². The Balaban J connectivity index is 2.21. The summed E-state index contributed by atoms with van der Waals surface area (Å²) in [6.45, 7) is 13.3. The molecule has 0 radical (unpaired) electrons. The van der Waals surface area contributed by atoms with Crippen LogP contribution in [0.2, 0.25) is 0 Å². The molecule has 0 aromatic rings. The van der Waals surface area contributed by atoms with Gasteiger partial charge in [-0.15, -0.1) is 0 Å². The Morgan fingerprint density at radius 1 is 1.31 bits per heavy atom. The summed E-state index contributed by atoms with van der Waals surface area (Å²) in [6.07, 6.45) is 3.30. The first-order valence-corrected chi connectivity index (χ1v) is 6.73. The van der Waals surface area contributed by atoms with E-state index in [2.05, 4.69) is 37.9 Å². The van der Waals surface area contributed by atoms with Gasteiger partial charge in [0, 0.05) is 25.7 Å². The molecule has 1 rings (SSSR count). The van der Waals surface area contributed by atoms with Crippen molar-refractivity contribution in [2.45, 2.75) is 58.8 Å². The molecule has 16 heavy (non-hydrogen) atoms. The quantitative estimate of drug-likeness (QED) is 0.703. The van der Waals surface area contributed by atoms with Gasteiger partial charge < -0.3 is 10.1 Å². The van der Waals surface area contributed by atoms with Crippen LogP contribution in [0, 0.1) is 0 Å². The maximum Gasteiger partial charge on any atom is 0.0678 e. The Hall–Kier alpha value is -0.120. The number of nitrogens with zero attached hydrogens (tertiary/aromatic N) is 1. The molecule has 0 aliphatic carbocycles. The monoisotopic (exact) mass is 228 g/mol. The molecule has 0 amide bonds. The molecule has 1 heterocycles. The van der Waals surface area contributed by atoms with E-state index in [1.54, 1.807) is 0 Å². The minimum atomic E-state index is 0.377. The number of hydrogen-bond donors (Lipinski definition) is 1. The highest BCUT2D eigenvalue weighted by atomic mass is 16.5. The first-order chi connectivity index (χ1) is 7.63. The van der Waals surface area contributed by atoms with Crippen LogP contribution < -0.4 is 5.32 Å². The third-order valence-electron chi connectivity index (χ3n) is 3.22. The summed E-state index contributed by atoms with van der Waals surface area (Å²) in [4.78, 5) is 2.54. The van der Waals surface area contributed by atoms with E-state index >= 15 is 0 Å². The van der Waals surface area contributed by atoms with E-state index in [0.717, 1.165) is 26.2 Å². The van der Waals surface area contributed by atoms with Gasteiger partial charge >= 0.3 is 0 Å². The largest absolute Gasteiger partial charge is 0.373 e. The van der Waals surface area contributed by atoms with Gasteiger partial charge in [0.05, 0.1) is 12.2 Å². The summed E-state index contributed by atoms with van der Waals surface area (Å²) in [7, 11) is 0. The maximum atomic E-state index is 5.75. The molecule has 3 nitrogen and oxygen atoms in total. The zero-order valence-electron chi connectivity index (χ0n) is 11.3. The summed E-state index contributed by atoms with van der Waals surface area (Å²) < 4.78 is 5.75. The molecule has 96 valence electrons. The molecule has 1 unspecified atom stereocenters. The predicted octanol–water partition coefficient (Wildman–Crippen LogP) is 1.87. The number of hydrogen-bond acceptors (Lipinski definition) is 3. The lowest BCUT2D eigenvalue weighted by molar-refractivity contribution is -0.0780. The van der Waals surface area contributed by atoms with Crippen LogP contribution in [0.25, 0.3) is 0 Å². The van der Waals surface area contributed by atoms with Crippen LogP contribution >= 0.6 is 0 Å². The number of morpholine rings is 1. The molecule has 3 heteroatoms. The summed E-state index contributed by atoms with van der Waals surface area (Å²) in [5.41, 5.74) is 0. The summed E-state index contributed by atoms with van der Waals surface area (Å²) >= 11 is 0. The fraction of sp³-hybridized carbons (Fsp3) is 1.00. The highest BCUT2D eigenvalue weighted by molar-refractivity contribution is 4.78. The Kier molecular flexibility index (Phi) is 6.32. The lowest BCUT2D eigenvalue weighted by atomic mass is 10.1. The zero-order chi connectivity index (χ0) is 12.0. The molecular weight excluding hydrogens is 200 g/mol. The summed E-state index contributed by atoms with van der Waals surface area (Å²) in [5.74, 6) is 0. The van der Waals surface area contributed by atoms with Crippen molar-refractivity contribution in [3.8, 4) is 0 Å². The minimum Gasteiger partial charge on any atom is -0.373 e. The summed E-state index contributed by atoms with van der Waals surface area (Å²) in [5, 5.41) is 3.53. The first kappa shape index (κ1) is 13.9. The van der Waals surface area contributed by atoms with Crippen LogP contribution in [-0.2, 0) is 4.74 Å².